The van der Waals surface area contributed by atoms with Gasteiger partial charge in [-0.05, 0) is 26.9 Å². The molecule has 0 N–H and O–H groups in total. The van der Waals surface area contributed by atoms with Crippen LogP contribution in [0.2, 0.25) is 0 Å². The van der Waals surface area contributed by atoms with Crippen molar-refractivity contribution >= 4 is 0 Å². The number of rotatable bonds is 2. The van der Waals surface area contributed by atoms with Gasteiger partial charge in [0.05, 0.1) is 0 Å². The maximum absolute atomic E-state index is 2.56. The summed E-state index contributed by atoms with van der Waals surface area (Å²) in [7, 11) is 2.22. The normalized spacial score (nSPS) is 29.2. The first-order chi connectivity index (χ1) is 5.24. The number of piperazine rings is 1. The van der Waals surface area contributed by atoms with Crippen molar-refractivity contribution in [3.05, 3.63) is 0 Å². The fourth-order valence-electron chi connectivity index (χ4n) is 1.64. The summed E-state index contributed by atoms with van der Waals surface area (Å²) in [5, 5.41) is 0. The monoisotopic (exact) mass is 156 g/mol. The van der Waals surface area contributed by atoms with Crippen molar-refractivity contribution < 1.29 is 0 Å². The third kappa shape index (κ3) is 2.46. The van der Waals surface area contributed by atoms with Gasteiger partial charge >= 0.3 is 0 Å². The van der Waals surface area contributed by atoms with E-state index in [1.165, 1.54) is 32.6 Å². The Morgan fingerprint density at radius 1 is 1.36 bits per heavy atom. The van der Waals surface area contributed by atoms with Crippen LogP contribution in [0.5, 0.6) is 0 Å². The summed E-state index contributed by atoms with van der Waals surface area (Å²) < 4.78 is 0. The van der Waals surface area contributed by atoms with E-state index in [4.69, 9.17) is 0 Å². The van der Waals surface area contributed by atoms with E-state index in [1.54, 1.807) is 0 Å². The lowest BCUT2D eigenvalue weighted by molar-refractivity contribution is 0.105. The molecule has 11 heavy (non-hydrogen) atoms. The second-order valence-corrected chi connectivity index (χ2v) is 3.63. The fourth-order valence-corrected chi connectivity index (χ4v) is 1.64. The Balaban J connectivity index is 2.28. The Morgan fingerprint density at radius 2 is 2.09 bits per heavy atom. The summed E-state index contributed by atoms with van der Waals surface area (Å²) in [5.41, 5.74) is 0. The van der Waals surface area contributed by atoms with Crippen molar-refractivity contribution in [2.45, 2.75) is 26.3 Å². The number of nitrogens with zero attached hydrogens (tertiary/aromatic N) is 2. The highest BCUT2D eigenvalue weighted by Crippen LogP contribution is 2.06. The minimum absolute atomic E-state index is 0.746. The van der Waals surface area contributed by atoms with Crippen molar-refractivity contribution in [3.8, 4) is 0 Å². The van der Waals surface area contributed by atoms with E-state index >= 15 is 0 Å². The zero-order valence-corrected chi connectivity index (χ0v) is 8.01. The lowest BCUT2D eigenvalue weighted by Crippen LogP contribution is -2.50. The standard InChI is InChI=1S/C9H20N2/c1-4-5-11-7-6-10(3)9(2)8-11/h9H,4-8H2,1-3H3/t9-/m1/s1. The molecule has 0 aromatic rings. The van der Waals surface area contributed by atoms with Crippen molar-refractivity contribution in [2.75, 3.05) is 33.2 Å². The van der Waals surface area contributed by atoms with E-state index < -0.39 is 0 Å². The summed E-state index contributed by atoms with van der Waals surface area (Å²) in [6.45, 7) is 9.59. The number of hydrogen-bond acceptors (Lipinski definition) is 2. The first kappa shape index (κ1) is 9.01. The molecule has 1 aliphatic heterocycles. The minimum Gasteiger partial charge on any atom is -0.301 e. The van der Waals surface area contributed by atoms with E-state index in [-0.39, 0.29) is 0 Å². The third-order valence-corrected chi connectivity index (χ3v) is 2.58. The van der Waals surface area contributed by atoms with Crippen molar-refractivity contribution in [3.63, 3.8) is 0 Å². The molecule has 0 unspecified atom stereocenters. The highest BCUT2D eigenvalue weighted by Gasteiger charge is 2.18. The van der Waals surface area contributed by atoms with Gasteiger partial charge in [0.25, 0.3) is 0 Å². The van der Waals surface area contributed by atoms with Gasteiger partial charge in [-0.25, -0.2) is 0 Å². The van der Waals surface area contributed by atoms with Gasteiger partial charge in [0, 0.05) is 25.7 Å². The highest BCUT2D eigenvalue weighted by atomic mass is 15.3. The predicted octanol–water partition coefficient (Wildman–Crippen LogP) is 1.03. The topological polar surface area (TPSA) is 6.48 Å². The van der Waals surface area contributed by atoms with E-state index in [0.717, 1.165) is 6.04 Å². The maximum Gasteiger partial charge on any atom is 0.0192 e. The number of hydrogen-bond donors (Lipinski definition) is 0. The van der Waals surface area contributed by atoms with E-state index in [9.17, 15) is 0 Å². The average Bonchev–Trinajstić information content (AvgIpc) is 1.98. The van der Waals surface area contributed by atoms with Gasteiger partial charge in [0.15, 0.2) is 0 Å². The van der Waals surface area contributed by atoms with Gasteiger partial charge in [0.1, 0.15) is 0 Å². The molecule has 1 heterocycles. The molecule has 0 bridgehead atoms. The Bertz CT molecular complexity index is 114. The molecule has 1 saturated heterocycles. The molecule has 0 spiro atoms. The van der Waals surface area contributed by atoms with Gasteiger partial charge in [-0.2, -0.15) is 0 Å². The zero-order chi connectivity index (χ0) is 8.27. The Morgan fingerprint density at radius 3 is 2.64 bits per heavy atom. The van der Waals surface area contributed by atoms with E-state index in [2.05, 4.69) is 30.7 Å². The SMILES string of the molecule is CCCN1CCN(C)[C@H](C)C1. The van der Waals surface area contributed by atoms with Gasteiger partial charge < -0.3 is 9.80 Å². The van der Waals surface area contributed by atoms with Gasteiger partial charge in [0.2, 0.25) is 0 Å². The Kier molecular flexibility index (Phi) is 3.34. The number of likely N-dealkylation sites (N-methyl/N-ethyl adjacent to an activating group) is 1. The maximum atomic E-state index is 2.56. The summed E-state index contributed by atoms with van der Waals surface area (Å²) >= 11 is 0. The molecule has 66 valence electrons. The molecule has 0 aromatic carbocycles. The van der Waals surface area contributed by atoms with Gasteiger partial charge in [-0.1, -0.05) is 6.92 Å². The van der Waals surface area contributed by atoms with Crippen LogP contribution < -0.4 is 0 Å². The Labute approximate surface area is 70.2 Å². The second kappa shape index (κ2) is 4.07. The molecule has 1 aliphatic rings. The van der Waals surface area contributed by atoms with Crippen LogP contribution in [0.1, 0.15) is 20.3 Å². The largest absolute Gasteiger partial charge is 0.301 e. The average molecular weight is 156 g/mol. The molecule has 0 aliphatic carbocycles. The molecule has 1 fully saturated rings. The summed E-state index contributed by atoms with van der Waals surface area (Å²) in [4.78, 5) is 5.00. The summed E-state index contributed by atoms with van der Waals surface area (Å²) in [6.07, 6.45) is 1.29. The predicted molar refractivity (Wildman–Crippen MR) is 48.8 cm³/mol. The minimum atomic E-state index is 0.746. The van der Waals surface area contributed by atoms with Crippen LogP contribution in [0.3, 0.4) is 0 Å². The molecular weight excluding hydrogens is 136 g/mol. The quantitative estimate of drug-likeness (QED) is 0.589. The smallest absolute Gasteiger partial charge is 0.0192 e. The Hall–Kier alpha value is -0.0800. The molecule has 2 heteroatoms. The van der Waals surface area contributed by atoms with Crippen LogP contribution in [0.15, 0.2) is 0 Å². The third-order valence-electron chi connectivity index (χ3n) is 2.58. The summed E-state index contributed by atoms with van der Waals surface area (Å²) in [6, 6.07) is 0.746. The van der Waals surface area contributed by atoms with Gasteiger partial charge in [-0.3, -0.25) is 0 Å². The molecule has 1 rings (SSSR count). The van der Waals surface area contributed by atoms with Gasteiger partial charge in [-0.15, -0.1) is 0 Å². The zero-order valence-electron chi connectivity index (χ0n) is 8.01. The lowest BCUT2D eigenvalue weighted by Gasteiger charge is -2.37. The molecule has 0 radical (unpaired) electrons. The summed E-state index contributed by atoms with van der Waals surface area (Å²) in [5.74, 6) is 0. The van der Waals surface area contributed by atoms with E-state index in [1.807, 2.05) is 0 Å². The van der Waals surface area contributed by atoms with Crippen LogP contribution in [0.4, 0.5) is 0 Å². The van der Waals surface area contributed by atoms with Crippen molar-refractivity contribution in [2.24, 2.45) is 0 Å². The fraction of sp³-hybridized carbons (Fsp3) is 1.00. The van der Waals surface area contributed by atoms with Crippen molar-refractivity contribution in [1.29, 1.82) is 0 Å². The molecule has 2 nitrogen and oxygen atoms in total. The lowest BCUT2D eigenvalue weighted by atomic mass is 10.2. The molecule has 0 saturated carbocycles. The molecule has 0 amide bonds. The first-order valence-electron chi connectivity index (χ1n) is 4.66. The van der Waals surface area contributed by atoms with E-state index in [0.29, 0.717) is 0 Å². The molecule has 0 aromatic heterocycles. The second-order valence-electron chi connectivity index (χ2n) is 3.63. The van der Waals surface area contributed by atoms with Crippen LogP contribution >= 0.6 is 0 Å². The van der Waals surface area contributed by atoms with Crippen molar-refractivity contribution in [1.82, 2.24) is 9.80 Å². The molecule has 1 atom stereocenters. The van der Waals surface area contributed by atoms with Crippen LogP contribution in [-0.4, -0.2) is 49.1 Å². The first-order valence-corrected chi connectivity index (χ1v) is 4.66. The van der Waals surface area contributed by atoms with Crippen LogP contribution in [-0.2, 0) is 0 Å². The van der Waals surface area contributed by atoms with Crippen LogP contribution in [0.25, 0.3) is 0 Å². The molecular formula is C9H20N2. The highest BCUT2D eigenvalue weighted by molar-refractivity contribution is 4.75. The van der Waals surface area contributed by atoms with Crippen LogP contribution in [0, 0.1) is 0 Å².